The Morgan fingerprint density at radius 3 is 2.55 bits per heavy atom. The van der Waals surface area contributed by atoms with Gasteiger partial charge in [0.1, 0.15) is 11.9 Å². The van der Waals surface area contributed by atoms with Crippen molar-refractivity contribution in [2.24, 2.45) is 0 Å². The lowest BCUT2D eigenvalue weighted by molar-refractivity contribution is 0.162. The number of nitrogens with one attached hydrogen (secondary N) is 3. The average Bonchev–Trinajstić information content (AvgIpc) is 2.74. The van der Waals surface area contributed by atoms with Crippen molar-refractivity contribution in [2.75, 3.05) is 18.4 Å². The second-order valence-electron chi connectivity index (χ2n) is 7.91. The van der Waals surface area contributed by atoms with Crippen molar-refractivity contribution < 1.29 is 13.2 Å². The zero-order valence-electron chi connectivity index (χ0n) is 17.6. The summed E-state index contributed by atoms with van der Waals surface area (Å²) >= 11 is 0. The minimum absolute atomic E-state index is 0.169. The van der Waals surface area contributed by atoms with E-state index in [4.69, 9.17) is 4.74 Å². The van der Waals surface area contributed by atoms with Crippen molar-refractivity contribution in [3.05, 3.63) is 48.7 Å². The Bertz CT molecular complexity index is 1140. The van der Waals surface area contributed by atoms with E-state index in [1.165, 1.54) is 0 Å². The third kappa shape index (κ3) is 5.49. The van der Waals surface area contributed by atoms with Gasteiger partial charge in [-0.05, 0) is 76.2 Å². The van der Waals surface area contributed by atoms with Crippen LogP contribution in [0.5, 0.6) is 5.75 Å². The number of anilines is 2. The number of benzene rings is 2. The van der Waals surface area contributed by atoms with Crippen LogP contribution < -0.4 is 20.1 Å². The normalized spacial score (nSPS) is 15.3. The van der Waals surface area contributed by atoms with Gasteiger partial charge >= 0.3 is 0 Å². The number of aromatic nitrogens is 2. The van der Waals surface area contributed by atoms with Gasteiger partial charge in [-0.15, -0.1) is 0 Å². The number of hydrogen-bond acceptors (Lipinski definition) is 7. The van der Waals surface area contributed by atoms with E-state index in [0.717, 1.165) is 42.6 Å². The number of rotatable bonds is 7. The predicted molar refractivity (Wildman–Crippen MR) is 121 cm³/mol. The van der Waals surface area contributed by atoms with Crippen molar-refractivity contribution in [1.29, 1.82) is 0 Å². The van der Waals surface area contributed by atoms with E-state index >= 15 is 0 Å². The molecule has 1 aromatic heterocycles. The Morgan fingerprint density at radius 1 is 1.10 bits per heavy atom. The number of ether oxygens (including phenoxy) is 1. The zero-order chi connectivity index (χ0) is 21.8. The van der Waals surface area contributed by atoms with E-state index < -0.39 is 10.0 Å². The summed E-state index contributed by atoms with van der Waals surface area (Å²) in [5, 5.41) is 7.39. The summed E-state index contributed by atoms with van der Waals surface area (Å²) in [6, 6.07) is 12.2. The van der Waals surface area contributed by atoms with Gasteiger partial charge in [-0.2, -0.15) is 0 Å². The molecule has 0 amide bonds. The summed E-state index contributed by atoms with van der Waals surface area (Å²) in [6.45, 7) is 5.52. The van der Waals surface area contributed by atoms with Crippen molar-refractivity contribution >= 4 is 32.6 Å². The molecule has 0 saturated carbocycles. The van der Waals surface area contributed by atoms with Crippen molar-refractivity contribution in [3.63, 3.8) is 0 Å². The van der Waals surface area contributed by atoms with Crippen LogP contribution in [0.3, 0.4) is 0 Å². The summed E-state index contributed by atoms with van der Waals surface area (Å²) in [5.41, 5.74) is 1.48. The fourth-order valence-corrected chi connectivity index (χ4v) is 4.72. The maximum atomic E-state index is 12.3. The lowest BCUT2D eigenvalue weighted by Crippen LogP contribution is -2.34. The minimum Gasteiger partial charge on any atom is -0.490 e. The molecule has 3 aromatic rings. The highest BCUT2D eigenvalue weighted by molar-refractivity contribution is 7.89. The van der Waals surface area contributed by atoms with Crippen molar-refractivity contribution in [3.8, 4) is 5.75 Å². The van der Waals surface area contributed by atoms with Gasteiger partial charge in [-0.1, -0.05) is 0 Å². The zero-order valence-corrected chi connectivity index (χ0v) is 18.4. The molecule has 3 N–H and O–H groups in total. The highest BCUT2D eigenvalue weighted by Gasteiger charge is 2.16. The Labute approximate surface area is 182 Å². The summed E-state index contributed by atoms with van der Waals surface area (Å²) in [4.78, 5) is 9.16. The van der Waals surface area contributed by atoms with E-state index in [2.05, 4.69) is 25.3 Å². The number of sulfonamides is 1. The first-order valence-corrected chi connectivity index (χ1v) is 11.9. The van der Waals surface area contributed by atoms with Crippen molar-refractivity contribution in [1.82, 2.24) is 20.0 Å². The van der Waals surface area contributed by atoms with Crippen LogP contribution in [0, 0.1) is 0 Å². The second kappa shape index (κ2) is 9.17. The number of hydrogen-bond donors (Lipinski definition) is 3. The Morgan fingerprint density at radius 2 is 1.84 bits per heavy atom. The third-order valence-electron chi connectivity index (χ3n) is 4.95. The quantitative estimate of drug-likeness (QED) is 0.517. The molecule has 0 unspecified atom stereocenters. The molecule has 0 spiro atoms. The molecular formula is C22H27N5O3S. The van der Waals surface area contributed by atoms with Gasteiger partial charge in [0, 0.05) is 29.4 Å². The molecule has 1 saturated heterocycles. The summed E-state index contributed by atoms with van der Waals surface area (Å²) in [6.07, 6.45) is 3.96. The molecular weight excluding hydrogens is 414 g/mol. The van der Waals surface area contributed by atoms with Gasteiger partial charge in [0.15, 0.2) is 0 Å². The molecule has 0 atom stereocenters. The fourth-order valence-electron chi connectivity index (χ4n) is 3.47. The highest BCUT2D eigenvalue weighted by Crippen LogP contribution is 2.24. The minimum atomic E-state index is -3.52. The number of nitrogens with zero attached hydrogens (tertiary/aromatic N) is 2. The van der Waals surface area contributed by atoms with Gasteiger partial charge in [-0.25, -0.2) is 23.1 Å². The first-order valence-electron chi connectivity index (χ1n) is 10.4. The van der Waals surface area contributed by atoms with Crippen LogP contribution in [-0.4, -0.2) is 43.6 Å². The van der Waals surface area contributed by atoms with Gasteiger partial charge < -0.3 is 15.4 Å². The number of fused-ring (bicyclic) bond motifs is 1. The Hall–Kier alpha value is -2.75. The third-order valence-corrected chi connectivity index (χ3v) is 6.63. The smallest absolute Gasteiger partial charge is 0.240 e. The molecule has 164 valence electrons. The molecule has 9 heteroatoms. The average molecular weight is 442 g/mol. The van der Waals surface area contributed by atoms with Crippen LogP contribution in [0.1, 0.15) is 26.7 Å². The molecule has 0 radical (unpaired) electrons. The van der Waals surface area contributed by atoms with Gasteiger partial charge in [0.25, 0.3) is 0 Å². The topological polar surface area (TPSA) is 105 Å². The summed E-state index contributed by atoms with van der Waals surface area (Å²) in [5.74, 6) is 1.23. The molecule has 31 heavy (non-hydrogen) atoms. The summed E-state index contributed by atoms with van der Waals surface area (Å²) in [7, 11) is -3.52. The van der Waals surface area contributed by atoms with E-state index in [1.807, 2.05) is 18.2 Å². The lowest BCUT2D eigenvalue weighted by atomic mass is 10.1. The molecule has 2 aromatic carbocycles. The monoisotopic (exact) mass is 441 g/mol. The standard InChI is InChI=1S/C22H27N5O3S/c1-15(2)27-31(28,29)20-7-4-17(5-8-20)25-22-24-14-16-3-6-19(13-21(16)26-22)30-18-9-11-23-12-10-18/h3-8,13-15,18,23,27H,9-12H2,1-2H3,(H,24,25,26). The molecule has 1 aliphatic rings. The molecule has 1 aliphatic heterocycles. The maximum Gasteiger partial charge on any atom is 0.240 e. The van der Waals surface area contributed by atoms with E-state index in [9.17, 15) is 8.42 Å². The highest BCUT2D eigenvalue weighted by atomic mass is 32.2. The molecule has 0 bridgehead atoms. The van der Waals surface area contributed by atoms with Gasteiger partial charge in [0.2, 0.25) is 16.0 Å². The van der Waals surface area contributed by atoms with Crippen LogP contribution in [0.2, 0.25) is 0 Å². The summed E-state index contributed by atoms with van der Waals surface area (Å²) < 4.78 is 33.2. The second-order valence-corrected chi connectivity index (χ2v) is 9.62. The van der Waals surface area contributed by atoms with Gasteiger partial charge in [0.05, 0.1) is 10.4 Å². The van der Waals surface area contributed by atoms with E-state index in [0.29, 0.717) is 11.6 Å². The molecule has 4 rings (SSSR count). The van der Waals surface area contributed by atoms with Crippen LogP contribution in [0.4, 0.5) is 11.6 Å². The number of piperidine rings is 1. The lowest BCUT2D eigenvalue weighted by Gasteiger charge is -2.23. The Balaban J connectivity index is 1.49. The van der Waals surface area contributed by atoms with Gasteiger partial charge in [-0.3, -0.25) is 0 Å². The van der Waals surface area contributed by atoms with Crippen LogP contribution in [-0.2, 0) is 10.0 Å². The van der Waals surface area contributed by atoms with Crippen LogP contribution in [0.15, 0.2) is 53.6 Å². The fraction of sp³-hybridized carbons (Fsp3) is 0.364. The predicted octanol–water partition coefficient (Wildman–Crippen LogP) is 3.19. The largest absolute Gasteiger partial charge is 0.490 e. The maximum absolute atomic E-state index is 12.3. The first kappa shape index (κ1) is 21.5. The van der Waals surface area contributed by atoms with E-state index in [-0.39, 0.29) is 17.0 Å². The van der Waals surface area contributed by atoms with Crippen molar-refractivity contribution in [2.45, 2.75) is 43.7 Å². The van der Waals surface area contributed by atoms with E-state index in [1.54, 1.807) is 44.3 Å². The molecule has 1 fully saturated rings. The first-order chi connectivity index (χ1) is 14.9. The Kier molecular flexibility index (Phi) is 6.35. The SMILES string of the molecule is CC(C)NS(=O)(=O)c1ccc(Nc2ncc3ccc(OC4CCNCC4)cc3n2)cc1. The van der Waals surface area contributed by atoms with Crippen LogP contribution in [0.25, 0.3) is 10.9 Å². The molecule has 2 heterocycles. The van der Waals surface area contributed by atoms with Crippen LogP contribution >= 0.6 is 0 Å². The molecule has 8 nitrogen and oxygen atoms in total. The molecule has 0 aliphatic carbocycles.